The molecule has 59 heavy (non-hydrogen) atoms. The monoisotopic (exact) mass is 754 g/mol. The third kappa shape index (κ3) is 5.79. The van der Waals surface area contributed by atoms with Crippen molar-refractivity contribution >= 4 is 66.4 Å². The highest BCUT2D eigenvalue weighted by Crippen LogP contribution is 2.56. The van der Waals surface area contributed by atoms with E-state index < -0.39 is 0 Å². The molecule has 0 N–H and O–H groups in total. The smallest absolute Gasteiger partial charge is 0.0618 e. The number of anilines is 6. The number of rotatable bonds is 6. The van der Waals surface area contributed by atoms with Crippen LogP contribution in [0.5, 0.6) is 0 Å². The molecule has 0 atom stereocenters. The number of benzene rings is 10. The number of nitrogens with zero attached hydrogens (tertiary/aromatic N) is 2. The van der Waals surface area contributed by atoms with Crippen LogP contribution in [0.1, 0.15) is 25.0 Å². The van der Waals surface area contributed by atoms with Crippen LogP contribution in [0, 0.1) is 0 Å². The molecule has 0 aliphatic carbocycles. The summed E-state index contributed by atoms with van der Waals surface area (Å²) in [6, 6.07) is 80.0. The Labute approximate surface area is 345 Å². The number of fused-ring (bicyclic) bond motifs is 5. The molecule has 11 rings (SSSR count). The van der Waals surface area contributed by atoms with E-state index in [4.69, 9.17) is 0 Å². The fourth-order valence-corrected chi connectivity index (χ4v) is 9.46. The molecule has 0 fully saturated rings. The Morgan fingerprint density at radius 2 is 0.949 bits per heavy atom. The number of hydrogen-bond acceptors (Lipinski definition) is 2. The molecule has 2 heteroatoms. The van der Waals surface area contributed by atoms with Crippen molar-refractivity contribution in [3.8, 4) is 22.3 Å². The Morgan fingerprint density at radius 3 is 1.80 bits per heavy atom. The van der Waals surface area contributed by atoms with Crippen LogP contribution in [0.3, 0.4) is 0 Å². The molecule has 10 aromatic rings. The van der Waals surface area contributed by atoms with Crippen molar-refractivity contribution in [2.24, 2.45) is 0 Å². The largest absolute Gasteiger partial charge is 0.310 e. The molecule has 280 valence electrons. The molecule has 1 aliphatic rings. The van der Waals surface area contributed by atoms with Gasteiger partial charge in [-0.15, -0.1) is 0 Å². The van der Waals surface area contributed by atoms with Crippen molar-refractivity contribution in [3.63, 3.8) is 0 Å². The van der Waals surface area contributed by atoms with Gasteiger partial charge in [0.25, 0.3) is 0 Å². The molecule has 0 saturated heterocycles. The summed E-state index contributed by atoms with van der Waals surface area (Å²) in [7, 11) is 0. The molecule has 2 nitrogen and oxygen atoms in total. The molecule has 0 saturated carbocycles. The molecule has 0 amide bonds. The molecule has 0 aromatic heterocycles. The summed E-state index contributed by atoms with van der Waals surface area (Å²) < 4.78 is 0. The average molecular weight is 755 g/mol. The molecule has 1 heterocycles. The lowest BCUT2D eigenvalue weighted by Gasteiger charge is -2.43. The van der Waals surface area contributed by atoms with Crippen LogP contribution < -0.4 is 9.80 Å². The Balaban J connectivity index is 1.10. The predicted octanol–water partition coefficient (Wildman–Crippen LogP) is 16.1. The fraction of sp³-hybridized carbons (Fsp3) is 0.0526. The summed E-state index contributed by atoms with van der Waals surface area (Å²) in [5.41, 5.74) is 14.1. The van der Waals surface area contributed by atoms with E-state index in [0.29, 0.717) is 0 Å². The second-order valence-corrected chi connectivity index (χ2v) is 16.2. The topological polar surface area (TPSA) is 6.48 Å². The van der Waals surface area contributed by atoms with Crippen LogP contribution in [0.25, 0.3) is 54.6 Å². The summed E-state index contributed by atoms with van der Waals surface area (Å²) >= 11 is 0. The van der Waals surface area contributed by atoms with Gasteiger partial charge in [0, 0.05) is 33.4 Å². The Kier molecular flexibility index (Phi) is 8.20. The van der Waals surface area contributed by atoms with Gasteiger partial charge in [0.2, 0.25) is 0 Å². The van der Waals surface area contributed by atoms with E-state index >= 15 is 0 Å². The van der Waals surface area contributed by atoms with E-state index in [-0.39, 0.29) is 5.41 Å². The summed E-state index contributed by atoms with van der Waals surface area (Å²) in [5.74, 6) is 0. The van der Waals surface area contributed by atoms with Gasteiger partial charge in [-0.2, -0.15) is 0 Å². The lowest BCUT2D eigenvalue weighted by Crippen LogP contribution is -2.31. The van der Waals surface area contributed by atoms with Crippen molar-refractivity contribution in [2.45, 2.75) is 19.3 Å². The average Bonchev–Trinajstić information content (AvgIpc) is 3.29. The minimum Gasteiger partial charge on any atom is -0.310 e. The van der Waals surface area contributed by atoms with Crippen molar-refractivity contribution in [1.29, 1.82) is 0 Å². The van der Waals surface area contributed by atoms with Crippen LogP contribution in [0.2, 0.25) is 0 Å². The lowest BCUT2D eigenvalue weighted by molar-refractivity contribution is 0.632. The molecule has 0 radical (unpaired) electrons. The zero-order chi connectivity index (χ0) is 39.5. The Bertz CT molecular complexity index is 3210. The third-order valence-electron chi connectivity index (χ3n) is 12.4. The first-order valence-corrected chi connectivity index (χ1v) is 20.5. The molecule has 10 aromatic carbocycles. The first kappa shape index (κ1) is 34.8. The maximum Gasteiger partial charge on any atom is 0.0618 e. The highest BCUT2D eigenvalue weighted by molar-refractivity contribution is 6.11. The van der Waals surface area contributed by atoms with Gasteiger partial charge in [-0.1, -0.05) is 178 Å². The molecular formula is C57H42N2. The zero-order valence-electron chi connectivity index (χ0n) is 33.2. The number of hydrogen-bond donors (Lipinski definition) is 0. The van der Waals surface area contributed by atoms with Gasteiger partial charge < -0.3 is 9.80 Å². The van der Waals surface area contributed by atoms with Gasteiger partial charge in [-0.25, -0.2) is 0 Å². The molecule has 1 aliphatic heterocycles. The van der Waals surface area contributed by atoms with Gasteiger partial charge >= 0.3 is 0 Å². The summed E-state index contributed by atoms with van der Waals surface area (Å²) in [5, 5.41) is 7.39. The second kappa shape index (κ2) is 13.9. The summed E-state index contributed by atoms with van der Waals surface area (Å²) in [4.78, 5) is 4.91. The van der Waals surface area contributed by atoms with Crippen LogP contribution in [0.4, 0.5) is 34.1 Å². The van der Waals surface area contributed by atoms with Crippen LogP contribution >= 0.6 is 0 Å². The maximum atomic E-state index is 2.55. The Hall–Kier alpha value is -7.42. The van der Waals surface area contributed by atoms with Gasteiger partial charge in [-0.3, -0.25) is 0 Å². The SMILES string of the molecule is CC1(C)c2ccccc2N(c2c(-c3cccc4ccccc34)ccc3ccccc23)c2ccc(-c3cccc(N(c4ccccc4)c4ccc5ccccc5c4)c3)cc21. The summed E-state index contributed by atoms with van der Waals surface area (Å²) in [6.45, 7) is 4.77. The van der Waals surface area contributed by atoms with Gasteiger partial charge in [-0.05, 0) is 109 Å². The van der Waals surface area contributed by atoms with Crippen molar-refractivity contribution in [1.82, 2.24) is 0 Å². The zero-order valence-corrected chi connectivity index (χ0v) is 33.2. The predicted molar refractivity (Wildman–Crippen MR) is 251 cm³/mol. The van der Waals surface area contributed by atoms with Gasteiger partial charge in [0.1, 0.15) is 0 Å². The normalized spacial score (nSPS) is 13.0. The van der Waals surface area contributed by atoms with E-state index in [9.17, 15) is 0 Å². The van der Waals surface area contributed by atoms with E-state index in [1.54, 1.807) is 0 Å². The van der Waals surface area contributed by atoms with E-state index in [0.717, 1.165) is 17.1 Å². The van der Waals surface area contributed by atoms with Crippen LogP contribution in [-0.4, -0.2) is 0 Å². The van der Waals surface area contributed by atoms with Crippen molar-refractivity contribution in [2.75, 3.05) is 9.80 Å². The van der Waals surface area contributed by atoms with Crippen molar-refractivity contribution < 1.29 is 0 Å². The molecule has 0 spiro atoms. The van der Waals surface area contributed by atoms with E-state index in [2.05, 4.69) is 242 Å². The summed E-state index contributed by atoms with van der Waals surface area (Å²) in [6.07, 6.45) is 0. The highest BCUT2D eigenvalue weighted by Gasteiger charge is 2.38. The number of para-hydroxylation sites is 2. The van der Waals surface area contributed by atoms with E-state index in [1.165, 1.54) is 82.8 Å². The fourth-order valence-electron chi connectivity index (χ4n) is 9.46. The minimum atomic E-state index is -0.262. The molecule has 0 bridgehead atoms. The maximum absolute atomic E-state index is 2.55. The van der Waals surface area contributed by atoms with Gasteiger partial charge in [0.15, 0.2) is 0 Å². The molecule has 0 unspecified atom stereocenters. The minimum absolute atomic E-state index is 0.262. The highest BCUT2D eigenvalue weighted by atomic mass is 15.2. The van der Waals surface area contributed by atoms with Gasteiger partial charge in [0.05, 0.1) is 17.1 Å². The quantitative estimate of drug-likeness (QED) is 0.167. The Morgan fingerprint density at radius 1 is 0.356 bits per heavy atom. The lowest BCUT2D eigenvalue weighted by atomic mass is 9.72. The molecular weight excluding hydrogens is 713 g/mol. The van der Waals surface area contributed by atoms with Crippen LogP contribution in [-0.2, 0) is 5.41 Å². The van der Waals surface area contributed by atoms with Crippen LogP contribution in [0.15, 0.2) is 218 Å². The first-order valence-electron chi connectivity index (χ1n) is 20.5. The first-order chi connectivity index (χ1) is 29.0. The standard InChI is InChI=1S/C57H42N2/c1-57(2)52-28-12-13-29-54(52)59(56-49-26-11-9-18-41(49)31-34-51(56)50-27-15-20-40-17-8-10-25-48(40)50)55-35-32-44(38-53(55)57)43-21-14-24-46(37-43)58(45-22-4-3-5-23-45)47-33-30-39-16-6-7-19-42(39)36-47/h3-38H,1-2H3. The van der Waals surface area contributed by atoms with E-state index in [1.807, 2.05) is 0 Å². The third-order valence-corrected chi connectivity index (χ3v) is 12.4. The van der Waals surface area contributed by atoms with Crippen molar-refractivity contribution in [3.05, 3.63) is 230 Å². The second-order valence-electron chi connectivity index (χ2n) is 16.2.